The van der Waals surface area contributed by atoms with Gasteiger partial charge in [-0.05, 0) is 124 Å². The van der Waals surface area contributed by atoms with Crippen LogP contribution < -0.4 is 9.47 Å². The highest BCUT2D eigenvalue weighted by Gasteiger charge is 2.37. The summed E-state index contributed by atoms with van der Waals surface area (Å²) < 4.78 is 32.6. The smallest absolute Gasteiger partial charge is 0.337 e. The van der Waals surface area contributed by atoms with Crippen molar-refractivity contribution in [1.29, 1.82) is 0 Å². The van der Waals surface area contributed by atoms with E-state index >= 15 is 4.39 Å². The molecule has 1 amide bonds. The molecule has 0 unspecified atom stereocenters. The first-order valence-corrected chi connectivity index (χ1v) is 14.3. The van der Waals surface area contributed by atoms with Crippen molar-refractivity contribution in [3.05, 3.63) is 80.7 Å². The van der Waals surface area contributed by atoms with Crippen LogP contribution >= 0.6 is 0 Å². The Morgan fingerprint density at radius 2 is 1.64 bits per heavy atom. The first-order valence-electron chi connectivity index (χ1n) is 14.3. The molecule has 222 valence electrons. The van der Waals surface area contributed by atoms with Gasteiger partial charge in [-0.15, -0.1) is 0 Å². The van der Waals surface area contributed by atoms with Crippen LogP contribution in [0.4, 0.5) is 4.39 Å². The quantitative estimate of drug-likeness (QED) is 0.346. The molecule has 0 bridgehead atoms. The fraction of sp³-hybridized carbons (Fsp3) is 0.412. The van der Waals surface area contributed by atoms with Crippen LogP contribution in [0.3, 0.4) is 0 Å². The van der Waals surface area contributed by atoms with Gasteiger partial charge >= 0.3 is 5.97 Å². The molecule has 0 spiro atoms. The zero-order valence-corrected chi connectivity index (χ0v) is 25.3. The topological polar surface area (TPSA) is 85.3 Å². The van der Waals surface area contributed by atoms with E-state index in [1.54, 1.807) is 36.3 Å². The fourth-order valence-electron chi connectivity index (χ4n) is 6.26. The van der Waals surface area contributed by atoms with Crippen molar-refractivity contribution in [3.8, 4) is 22.6 Å². The number of halogens is 1. The second-order valence-corrected chi connectivity index (χ2v) is 12.1. The van der Waals surface area contributed by atoms with Gasteiger partial charge in [-0.1, -0.05) is 0 Å². The van der Waals surface area contributed by atoms with Crippen molar-refractivity contribution >= 4 is 11.9 Å². The molecule has 0 saturated heterocycles. The number of carboxylic acids is 1. The first-order chi connectivity index (χ1) is 19.8. The summed E-state index contributed by atoms with van der Waals surface area (Å²) in [5.74, 6) is -0.791. The third-order valence-corrected chi connectivity index (χ3v) is 8.30. The lowest BCUT2D eigenvalue weighted by Gasteiger charge is -2.31. The van der Waals surface area contributed by atoms with Crippen LogP contribution in [0.25, 0.3) is 11.1 Å². The summed E-state index contributed by atoms with van der Waals surface area (Å²) in [5, 5.41) is 10.5. The van der Waals surface area contributed by atoms with Gasteiger partial charge in [-0.25, -0.2) is 9.18 Å². The number of nitrogens with zero attached hydrogens (tertiary/aromatic N) is 1. The standard InChI is InChI=1S/C34H38FNO6/c1-18-23-9-8-14-41-30(23)27(35)15-24(18)28-19(2)25-16-36(32(37)21-10-12-22(40-7)13-11-21)17-26(25)20(3)29(28)31(33(38)39)42-34(4,5)6/h10-13,15,31H,8-9,14,16-17H2,1-7H3,(H,38,39)/t31-/m0/s1. The van der Waals surface area contributed by atoms with Gasteiger partial charge in [0.15, 0.2) is 17.7 Å². The van der Waals surface area contributed by atoms with Crippen molar-refractivity contribution < 1.29 is 33.3 Å². The Kier molecular flexibility index (Phi) is 7.79. The molecule has 5 rings (SSSR count). The molecule has 42 heavy (non-hydrogen) atoms. The van der Waals surface area contributed by atoms with Crippen LogP contribution in [0, 0.1) is 26.6 Å². The molecule has 1 N–H and O–H groups in total. The molecular formula is C34H38FNO6. The summed E-state index contributed by atoms with van der Waals surface area (Å²) >= 11 is 0. The Hall–Kier alpha value is -3.91. The minimum atomic E-state index is -1.30. The van der Waals surface area contributed by atoms with Crippen LogP contribution in [0.2, 0.25) is 0 Å². The Morgan fingerprint density at radius 1 is 1.00 bits per heavy atom. The van der Waals surface area contributed by atoms with E-state index in [0.717, 1.165) is 39.8 Å². The van der Waals surface area contributed by atoms with Crippen LogP contribution in [0.1, 0.15) is 82.6 Å². The van der Waals surface area contributed by atoms with Crippen molar-refractivity contribution in [1.82, 2.24) is 4.90 Å². The molecule has 3 aromatic carbocycles. The Balaban J connectivity index is 1.71. The van der Waals surface area contributed by atoms with Crippen molar-refractivity contribution in [2.45, 2.75) is 79.2 Å². The van der Waals surface area contributed by atoms with Gasteiger partial charge in [0.05, 0.1) is 19.3 Å². The zero-order chi connectivity index (χ0) is 30.5. The molecule has 0 radical (unpaired) electrons. The van der Waals surface area contributed by atoms with Crippen molar-refractivity contribution in [2.24, 2.45) is 0 Å². The van der Waals surface area contributed by atoms with Crippen LogP contribution in [0.5, 0.6) is 11.5 Å². The molecule has 2 aliphatic heterocycles. The highest BCUT2D eigenvalue weighted by Crippen LogP contribution is 2.47. The van der Waals surface area contributed by atoms with Crippen LogP contribution in [-0.2, 0) is 29.0 Å². The molecule has 2 heterocycles. The number of hydrogen-bond donors (Lipinski definition) is 1. The number of carbonyl (C=O) groups is 2. The second-order valence-electron chi connectivity index (χ2n) is 12.1. The van der Waals surface area contributed by atoms with Gasteiger partial charge in [0, 0.05) is 29.8 Å². The lowest BCUT2D eigenvalue weighted by molar-refractivity contribution is -0.160. The van der Waals surface area contributed by atoms with Crippen LogP contribution in [-0.4, -0.2) is 41.2 Å². The van der Waals surface area contributed by atoms with E-state index in [9.17, 15) is 14.7 Å². The number of carboxylic acid groups (broad SMARTS) is 1. The van der Waals surface area contributed by atoms with E-state index in [1.807, 2.05) is 41.5 Å². The summed E-state index contributed by atoms with van der Waals surface area (Å²) in [6.07, 6.45) is 0.152. The average Bonchev–Trinajstić information content (AvgIpc) is 3.41. The molecule has 0 saturated carbocycles. The van der Waals surface area contributed by atoms with Crippen LogP contribution in [0.15, 0.2) is 30.3 Å². The lowest BCUT2D eigenvalue weighted by Crippen LogP contribution is -2.29. The molecule has 1 atom stereocenters. The molecule has 8 heteroatoms. The maximum atomic E-state index is 15.5. The number of carbonyl (C=O) groups excluding carboxylic acids is 1. The van der Waals surface area contributed by atoms with Gasteiger partial charge in [-0.2, -0.15) is 0 Å². The predicted molar refractivity (Wildman–Crippen MR) is 158 cm³/mol. The zero-order valence-electron chi connectivity index (χ0n) is 25.3. The Bertz CT molecular complexity index is 1570. The summed E-state index contributed by atoms with van der Waals surface area (Å²) in [5.41, 5.74) is 6.60. The second kappa shape index (κ2) is 11.1. The third kappa shape index (κ3) is 5.24. The minimum absolute atomic E-state index is 0.135. The number of aliphatic carboxylic acids is 1. The number of amides is 1. The average molecular weight is 576 g/mol. The monoisotopic (exact) mass is 575 g/mol. The maximum absolute atomic E-state index is 15.5. The summed E-state index contributed by atoms with van der Waals surface area (Å²) in [6.45, 7) is 12.3. The number of methoxy groups -OCH3 is 1. The van der Waals surface area contributed by atoms with E-state index in [1.165, 1.54) is 6.07 Å². The SMILES string of the molecule is COc1ccc(C(=O)N2Cc3c(C)c(-c4cc(F)c5c(c4C)CCCO5)c([C@H](OC(C)(C)C)C(=O)O)c(C)c3C2)cc1. The number of rotatable bonds is 6. The number of hydrogen-bond acceptors (Lipinski definition) is 5. The van der Waals surface area contributed by atoms with Gasteiger partial charge < -0.3 is 24.2 Å². The lowest BCUT2D eigenvalue weighted by atomic mass is 9.81. The molecular weight excluding hydrogens is 537 g/mol. The first kappa shape index (κ1) is 29.6. The molecule has 0 aromatic heterocycles. The number of benzene rings is 3. The predicted octanol–water partition coefficient (Wildman–Crippen LogP) is 6.85. The number of fused-ring (bicyclic) bond motifs is 2. The van der Waals surface area contributed by atoms with E-state index in [4.69, 9.17) is 14.2 Å². The number of ether oxygens (including phenoxy) is 3. The molecule has 0 aliphatic carbocycles. The van der Waals surface area contributed by atoms with Gasteiger partial charge in [0.1, 0.15) is 5.75 Å². The molecule has 7 nitrogen and oxygen atoms in total. The van der Waals surface area contributed by atoms with Gasteiger partial charge in [-0.3, -0.25) is 4.79 Å². The summed E-state index contributed by atoms with van der Waals surface area (Å²) in [4.78, 5) is 28.2. The normalized spacial score (nSPS) is 15.1. The molecule has 0 fully saturated rings. The fourth-order valence-corrected chi connectivity index (χ4v) is 6.26. The summed E-state index contributed by atoms with van der Waals surface area (Å²) in [7, 11) is 1.57. The van der Waals surface area contributed by atoms with E-state index in [-0.39, 0.29) is 11.7 Å². The molecule has 3 aromatic rings. The Morgan fingerprint density at radius 3 is 2.24 bits per heavy atom. The highest BCUT2D eigenvalue weighted by atomic mass is 19.1. The van der Waals surface area contributed by atoms with Gasteiger partial charge in [0.25, 0.3) is 5.91 Å². The van der Waals surface area contributed by atoms with Crippen molar-refractivity contribution in [3.63, 3.8) is 0 Å². The highest BCUT2D eigenvalue weighted by molar-refractivity contribution is 5.95. The van der Waals surface area contributed by atoms with Gasteiger partial charge in [0.2, 0.25) is 0 Å². The van der Waals surface area contributed by atoms with E-state index < -0.39 is 23.5 Å². The maximum Gasteiger partial charge on any atom is 0.337 e. The summed E-state index contributed by atoms with van der Waals surface area (Å²) in [6, 6.07) is 8.44. The Labute approximate surface area is 246 Å². The molecule has 2 aliphatic rings. The van der Waals surface area contributed by atoms with E-state index in [0.29, 0.717) is 54.1 Å². The minimum Gasteiger partial charge on any atom is -0.497 e. The van der Waals surface area contributed by atoms with Crippen molar-refractivity contribution in [2.75, 3.05) is 13.7 Å². The largest absolute Gasteiger partial charge is 0.497 e. The van der Waals surface area contributed by atoms with E-state index in [2.05, 4.69) is 0 Å². The third-order valence-electron chi connectivity index (χ3n) is 8.30.